The van der Waals surface area contributed by atoms with Gasteiger partial charge in [0.05, 0.1) is 12.7 Å². The number of aliphatic hydroxyl groups is 1. The highest BCUT2D eigenvalue weighted by atomic mass is 16.5. The molecule has 0 saturated heterocycles. The molecule has 2 rings (SSSR count). The number of rotatable bonds is 0. The molecule has 1 aromatic rings. The van der Waals surface area contributed by atoms with Crippen molar-refractivity contribution in [1.29, 1.82) is 0 Å². The first-order chi connectivity index (χ1) is 11.8. The Bertz CT molecular complexity index is 681. The number of cyclic esters (lactones) is 1. The van der Waals surface area contributed by atoms with Gasteiger partial charge in [-0.3, -0.25) is 9.59 Å². The van der Waals surface area contributed by atoms with Crippen molar-refractivity contribution in [2.45, 2.75) is 44.8 Å². The van der Waals surface area contributed by atoms with Crippen LogP contribution in [-0.4, -0.2) is 51.7 Å². The van der Waals surface area contributed by atoms with Gasteiger partial charge in [0.15, 0.2) is 0 Å². The molecular weight excluding hydrogens is 332 g/mol. The van der Waals surface area contributed by atoms with E-state index < -0.39 is 35.5 Å². The lowest BCUT2D eigenvalue weighted by Gasteiger charge is -2.18. The zero-order chi connectivity index (χ0) is 18.6. The summed E-state index contributed by atoms with van der Waals surface area (Å²) in [5.74, 6) is -3.52. The molecule has 0 fully saturated rings. The molecule has 0 amide bonds. The van der Waals surface area contributed by atoms with Crippen LogP contribution in [0.5, 0.6) is 17.2 Å². The lowest BCUT2D eigenvalue weighted by molar-refractivity contribution is -0.142. The molecular formula is C17H20O8. The van der Waals surface area contributed by atoms with E-state index in [4.69, 9.17) is 9.47 Å². The monoisotopic (exact) mass is 352 g/mol. The SMILES string of the molecule is CC1CCCC(O)C(=O)C(=O)CCOc2cc(O)cc(O)c2C(=O)O1. The van der Waals surface area contributed by atoms with Crippen LogP contribution in [0.25, 0.3) is 0 Å². The first-order valence-electron chi connectivity index (χ1n) is 7.94. The van der Waals surface area contributed by atoms with Crippen LogP contribution in [0.15, 0.2) is 12.1 Å². The van der Waals surface area contributed by atoms with Crippen LogP contribution in [-0.2, 0) is 14.3 Å². The second kappa shape index (κ2) is 7.98. The summed E-state index contributed by atoms with van der Waals surface area (Å²) in [7, 11) is 0. The molecule has 0 bridgehead atoms. The Kier molecular flexibility index (Phi) is 5.97. The molecule has 2 atom stereocenters. The number of aromatic hydroxyl groups is 2. The molecule has 2 unspecified atom stereocenters. The van der Waals surface area contributed by atoms with Crippen LogP contribution < -0.4 is 4.74 Å². The zero-order valence-electron chi connectivity index (χ0n) is 13.7. The summed E-state index contributed by atoms with van der Waals surface area (Å²) in [6.07, 6.45) is -1.42. The van der Waals surface area contributed by atoms with Gasteiger partial charge in [-0.1, -0.05) is 0 Å². The molecule has 0 saturated carbocycles. The van der Waals surface area contributed by atoms with Gasteiger partial charge in [-0.05, 0) is 26.2 Å². The molecule has 1 aromatic carbocycles. The standard InChI is InChI=1S/C17H20O8/c1-9-3-2-4-11(19)16(22)12(20)5-6-24-14-8-10(18)7-13(21)15(14)17(23)25-9/h7-9,11,18-19,21H,2-6H2,1H3. The van der Waals surface area contributed by atoms with Gasteiger partial charge in [0.25, 0.3) is 0 Å². The van der Waals surface area contributed by atoms with E-state index in [-0.39, 0.29) is 36.5 Å². The summed E-state index contributed by atoms with van der Waals surface area (Å²) >= 11 is 0. The van der Waals surface area contributed by atoms with E-state index in [1.807, 2.05) is 0 Å². The van der Waals surface area contributed by atoms with Gasteiger partial charge in [0.2, 0.25) is 11.6 Å². The average molecular weight is 352 g/mol. The number of phenols is 2. The third-order valence-corrected chi connectivity index (χ3v) is 3.83. The van der Waals surface area contributed by atoms with Crippen molar-refractivity contribution in [3.05, 3.63) is 17.7 Å². The van der Waals surface area contributed by atoms with E-state index in [0.717, 1.165) is 12.1 Å². The molecule has 0 aromatic heterocycles. The average Bonchev–Trinajstić information content (AvgIpc) is 2.52. The van der Waals surface area contributed by atoms with Crippen LogP contribution >= 0.6 is 0 Å². The number of hydrogen-bond acceptors (Lipinski definition) is 8. The van der Waals surface area contributed by atoms with Crippen molar-refractivity contribution < 1.29 is 39.2 Å². The van der Waals surface area contributed by atoms with Gasteiger partial charge in [0.1, 0.15) is 28.9 Å². The fourth-order valence-corrected chi connectivity index (χ4v) is 2.50. The first-order valence-corrected chi connectivity index (χ1v) is 7.94. The van der Waals surface area contributed by atoms with E-state index in [9.17, 15) is 29.7 Å². The van der Waals surface area contributed by atoms with Crippen molar-refractivity contribution in [3.8, 4) is 17.2 Å². The molecule has 25 heavy (non-hydrogen) atoms. The van der Waals surface area contributed by atoms with Crippen LogP contribution in [0.2, 0.25) is 0 Å². The van der Waals surface area contributed by atoms with Crippen molar-refractivity contribution in [2.75, 3.05) is 6.61 Å². The van der Waals surface area contributed by atoms with Crippen molar-refractivity contribution in [1.82, 2.24) is 0 Å². The maximum absolute atomic E-state index is 12.3. The normalized spacial score (nSPS) is 23.2. The topological polar surface area (TPSA) is 130 Å². The van der Waals surface area contributed by atoms with E-state index >= 15 is 0 Å². The molecule has 1 aliphatic heterocycles. The lowest BCUT2D eigenvalue weighted by Crippen LogP contribution is -2.30. The Morgan fingerprint density at radius 2 is 1.84 bits per heavy atom. The Morgan fingerprint density at radius 3 is 2.56 bits per heavy atom. The molecule has 136 valence electrons. The van der Waals surface area contributed by atoms with E-state index in [2.05, 4.69) is 0 Å². The second-order valence-electron chi connectivity index (χ2n) is 5.89. The summed E-state index contributed by atoms with van der Waals surface area (Å²) in [5, 5.41) is 29.2. The number of hydrogen-bond donors (Lipinski definition) is 3. The first kappa shape index (κ1) is 18.7. The number of benzene rings is 1. The van der Waals surface area contributed by atoms with Crippen LogP contribution in [0.4, 0.5) is 0 Å². The molecule has 1 aliphatic rings. The van der Waals surface area contributed by atoms with E-state index in [0.29, 0.717) is 12.8 Å². The summed E-state index contributed by atoms with van der Waals surface area (Å²) in [5.41, 5.74) is -0.263. The molecule has 8 nitrogen and oxygen atoms in total. The smallest absolute Gasteiger partial charge is 0.346 e. The van der Waals surface area contributed by atoms with Gasteiger partial charge in [-0.2, -0.15) is 0 Å². The summed E-state index contributed by atoms with van der Waals surface area (Å²) in [6, 6.07) is 2.08. The third-order valence-electron chi connectivity index (χ3n) is 3.83. The molecule has 0 spiro atoms. The number of carbonyl (C=O) groups is 3. The Balaban J connectivity index is 2.31. The number of esters is 1. The fourth-order valence-electron chi connectivity index (χ4n) is 2.50. The quantitative estimate of drug-likeness (QED) is 0.467. The van der Waals surface area contributed by atoms with Crippen LogP contribution in [0, 0.1) is 0 Å². The van der Waals surface area contributed by atoms with Crippen molar-refractivity contribution in [2.24, 2.45) is 0 Å². The van der Waals surface area contributed by atoms with Crippen molar-refractivity contribution in [3.63, 3.8) is 0 Å². The Morgan fingerprint density at radius 1 is 1.12 bits per heavy atom. The van der Waals surface area contributed by atoms with Crippen molar-refractivity contribution >= 4 is 17.5 Å². The summed E-state index contributed by atoms with van der Waals surface area (Å²) < 4.78 is 10.5. The molecule has 0 aliphatic carbocycles. The van der Waals surface area contributed by atoms with Gasteiger partial charge in [-0.25, -0.2) is 4.79 Å². The van der Waals surface area contributed by atoms with Gasteiger partial charge in [-0.15, -0.1) is 0 Å². The number of fused-ring (bicyclic) bond motifs is 1. The third kappa shape index (κ3) is 4.69. The fraction of sp³-hybridized carbons (Fsp3) is 0.471. The number of phenolic OH excluding ortho intramolecular Hbond substituents is 2. The summed E-state index contributed by atoms with van der Waals surface area (Å²) in [4.78, 5) is 35.9. The highest BCUT2D eigenvalue weighted by Crippen LogP contribution is 2.34. The maximum Gasteiger partial charge on any atom is 0.346 e. The summed E-state index contributed by atoms with van der Waals surface area (Å²) in [6.45, 7) is 1.36. The van der Waals surface area contributed by atoms with Gasteiger partial charge in [0, 0.05) is 18.6 Å². The van der Waals surface area contributed by atoms with E-state index in [1.54, 1.807) is 6.92 Å². The highest BCUT2D eigenvalue weighted by Gasteiger charge is 2.26. The highest BCUT2D eigenvalue weighted by molar-refractivity contribution is 6.38. The van der Waals surface area contributed by atoms with Gasteiger partial charge >= 0.3 is 5.97 Å². The minimum absolute atomic E-state index is 0.0863. The van der Waals surface area contributed by atoms with Crippen LogP contribution in [0.1, 0.15) is 43.0 Å². The molecule has 1 heterocycles. The molecule has 3 N–H and O–H groups in total. The number of aliphatic hydroxyl groups excluding tert-OH is 1. The number of ether oxygens (including phenoxy) is 2. The van der Waals surface area contributed by atoms with Crippen LogP contribution in [0.3, 0.4) is 0 Å². The minimum atomic E-state index is -1.39. The van der Waals surface area contributed by atoms with E-state index in [1.165, 1.54) is 0 Å². The predicted molar refractivity (Wildman–Crippen MR) is 84.6 cm³/mol. The molecule has 0 radical (unpaired) electrons. The van der Waals surface area contributed by atoms with Gasteiger partial charge < -0.3 is 24.8 Å². The minimum Gasteiger partial charge on any atom is -0.508 e. The largest absolute Gasteiger partial charge is 0.508 e. The lowest BCUT2D eigenvalue weighted by atomic mass is 10.0. The predicted octanol–water partition coefficient (Wildman–Crippen LogP) is 1.09. The number of ketones is 2. The number of carbonyl (C=O) groups excluding carboxylic acids is 3. The zero-order valence-corrected chi connectivity index (χ0v) is 13.7. The molecule has 8 heteroatoms. The maximum atomic E-state index is 12.3. The number of Topliss-reactive ketones (excluding diaryl/α,β-unsaturated/α-hetero) is 2. The second-order valence-corrected chi connectivity index (χ2v) is 5.89. The Hall–Kier alpha value is -2.61. The Labute approximate surface area is 144 Å².